The van der Waals surface area contributed by atoms with Crippen LogP contribution in [0.25, 0.3) is 10.8 Å². The molecule has 0 bridgehead atoms. The number of carbonyl (C=O) groups excluding carboxylic acids is 1. The van der Waals surface area contributed by atoms with Crippen LogP contribution in [0.4, 0.5) is 10.1 Å². The molecule has 2 aromatic rings. The molecule has 2 aromatic carbocycles. The normalized spacial score (nSPS) is 17.3. The van der Waals surface area contributed by atoms with Crippen molar-refractivity contribution in [1.82, 2.24) is 4.72 Å². The van der Waals surface area contributed by atoms with Crippen LogP contribution in [0.2, 0.25) is 0 Å². The Morgan fingerprint density at radius 1 is 1.38 bits per heavy atom. The smallest absolute Gasteiger partial charge is 0.326 e. The Kier molecular flexibility index (Phi) is 4.63. The zero-order valence-electron chi connectivity index (χ0n) is 13.8. The SMILES string of the molecule is C[C@@H](O)CCOc1ccc2cc(O)c(N3CC(=O)NS3(=O)=O)c(F)c2c1. The van der Waals surface area contributed by atoms with Gasteiger partial charge in [-0.05, 0) is 30.5 Å². The van der Waals surface area contributed by atoms with E-state index in [1.807, 2.05) is 0 Å². The number of carbonyl (C=O) groups is 1. The number of phenols is 1. The van der Waals surface area contributed by atoms with E-state index in [0.29, 0.717) is 21.9 Å². The molecule has 1 aliphatic heterocycles. The Morgan fingerprint density at radius 3 is 2.73 bits per heavy atom. The van der Waals surface area contributed by atoms with E-state index in [0.717, 1.165) is 0 Å². The summed E-state index contributed by atoms with van der Waals surface area (Å²) < 4.78 is 46.5. The molecule has 0 radical (unpaired) electrons. The monoisotopic (exact) mass is 384 g/mol. The first kappa shape index (κ1) is 18.2. The van der Waals surface area contributed by atoms with Crippen LogP contribution in [-0.2, 0) is 15.0 Å². The van der Waals surface area contributed by atoms with E-state index < -0.39 is 46.0 Å². The number of rotatable bonds is 5. The van der Waals surface area contributed by atoms with Gasteiger partial charge in [-0.2, -0.15) is 8.42 Å². The molecule has 3 rings (SSSR count). The molecule has 1 atom stereocenters. The number of aliphatic hydroxyl groups is 1. The number of hydrogen-bond acceptors (Lipinski definition) is 6. The summed E-state index contributed by atoms with van der Waals surface area (Å²) in [5.41, 5.74) is -0.600. The Labute approximate surface area is 149 Å². The Balaban J connectivity index is 2.04. The average Bonchev–Trinajstić information content (AvgIpc) is 2.80. The van der Waals surface area contributed by atoms with Crippen LogP contribution in [0.3, 0.4) is 0 Å². The van der Waals surface area contributed by atoms with Crippen molar-refractivity contribution >= 4 is 32.6 Å². The minimum Gasteiger partial charge on any atom is -0.506 e. The van der Waals surface area contributed by atoms with Gasteiger partial charge in [0.25, 0.3) is 5.91 Å². The first-order chi connectivity index (χ1) is 12.2. The van der Waals surface area contributed by atoms with Crippen LogP contribution >= 0.6 is 0 Å². The van der Waals surface area contributed by atoms with E-state index in [4.69, 9.17) is 4.74 Å². The van der Waals surface area contributed by atoms with E-state index in [1.165, 1.54) is 18.2 Å². The van der Waals surface area contributed by atoms with Gasteiger partial charge in [-0.1, -0.05) is 6.07 Å². The Hall–Kier alpha value is -2.59. The van der Waals surface area contributed by atoms with Crippen molar-refractivity contribution in [3.8, 4) is 11.5 Å². The summed E-state index contributed by atoms with van der Waals surface area (Å²) in [6.45, 7) is 1.21. The van der Waals surface area contributed by atoms with Gasteiger partial charge in [0.2, 0.25) is 0 Å². The van der Waals surface area contributed by atoms with Crippen molar-refractivity contribution in [1.29, 1.82) is 0 Å². The number of fused-ring (bicyclic) bond motifs is 1. The highest BCUT2D eigenvalue weighted by molar-refractivity contribution is 7.92. The lowest BCUT2D eigenvalue weighted by Gasteiger charge is -2.18. The summed E-state index contributed by atoms with van der Waals surface area (Å²) in [6, 6.07) is 5.67. The second-order valence-electron chi connectivity index (χ2n) is 5.96. The fraction of sp³-hybridized carbons (Fsp3) is 0.312. The highest BCUT2D eigenvalue weighted by atomic mass is 32.2. The zero-order chi connectivity index (χ0) is 19.1. The van der Waals surface area contributed by atoms with Gasteiger partial charge < -0.3 is 14.9 Å². The standard InChI is InChI=1S/C16H17FN2O6S/c1-9(20)4-5-25-11-3-2-10-6-13(21)16(15(17)12(10)7-11)19-8-14(22)18-26(19,23)24/h2-3,6-7,9,20-21H,4-5,8H2,1H3,(H,18,22)/t9-/m1/s1. The van der Waals surface area contributed by atoms with Crippen LogP contribution in [0.5, 0.6) is 11.5 Å². The van der Waals surface area contributed by atoms with Gasteiger partial charge in [-0.3, -0.25) is 4.79 Å². The first-order valence-corrected chi connectivity index (χ1v) is 9.22. The molecule has 26 heavy (non-hydrogen) atoms. The molecular weight excluding hydrogens is 367 g/mol. The molecule has 3 N–H and O–H groups in total. The number of hydrogen-bond donors (Lipinski definition) is 3. The van der Waals surface area contributed by atoms with Gasteiger partial charge in [0, 0.05) is 11.8 Å². The number of phenolic OH excluding ortho intramolecular Hbond substituents is 1. The molecule has 0 unspecified atom stereocenters. The largest absolute Gasteiger partial charge is 0.506 e. The molecule has 0 aromatic heterocycles. The van der Waals surface area contributed by atoms with E-state index in [2.05, 4.69) is 0 Å². The maximum atomic E-state index is 15.0. The van der Waals surface area contributed by atoms with Gasteiger partial charge in [-0.25, -0.2) is 13.4 Å². The number of benzene rings is 2. The van der Waals surface area contributed by atoms with Crippen LogP contribution in [0.15, 0.2) is 24.3 Å². The fourth-order valence-corrected chi connectivity index (χ4v) is 3.79. The minimum absolute atomic E-state index is 0.0295. The molecule has 8 nitrogen and oxygen atoms in total. The molecule has 0 spiro atoms. The third-order valence-corrected chi connectivity index (χ3v) is 5.26. The average molecular weight is 384 g/mol. The molecule has 1 fully saturated rings. The summed E-state index contributed by atoms with van der Waals surface area (Å²) >= 11 is 0. The molecular formula is C16H17FN2O6S. The molecule has 140 valence electrons. The van der Waals surface area contributed by atoms with Crippen molar-refractivity contribution in [2.45, 2.75) is 19.4 Å². The number of halogens is 1. The molecule has 1 saturated heterocycles. The number of anilines is 1. The number of nitrogens with one attached hydrogen (secondary N) is 1. The molecule has 0 saturated carbocycles. The van der Waals surface area contributed by atoms with Gasteiger partial charge >= 0.3 is 10.2 Å². The lowest BCUT2D eigenvalue weighted by atomic mass is 10.1. The van der Waals surface area contributed by atoms with Crippen LogP contribution in [0.1, 0.15) is 13.3 Å². The summed E-state index contributed by atoms with van der Waals surface area (Å²) in [4.78, 5) is 11.4. The maximum absolute atomic E-state index is 15.0. The zero-order valence-corrected chi connectivity index (χ0v) is 14.6. The van der Waals surface area contributed by atoms with Crippen molar-refractivity contribution in [2.75, 3.05) is 17.5 Å². The summed E-state index contributed by atoms with van der Waals surface area (Å²) in [7, 11) is -4.26. The predicted octanol–water partition coefficient (Wildman–Crippen LogP) is 1.02. The Morgan fingerprint density at radius 2 is 2.12 bits per heavy atom. The van der Waals surface area contributed by atoms with Crippen LogP contribution in [0, 0.1) is 5.82 Å². The lowest BCUT2D eigenvalue weighted by Crippen LogP contribution is -2.30. The summed E-state index contributed by atoms with van der Waals surface area (Å²) in [5, 5.41) is 19.7. The second kappa shape index (κ2) is 6.61. The van der Waals surface area contributed by atoms with Gasteiger partial charge in [0.05, 0.1) is 12.7 Å². The second-order valence-corrected chi connectivity index (χ2v) is 7.56. The molecule has 0 aliphatic carbocycles. The Bertz CT molecular complexity index is 976. The summed E-state index contributed by atoms with van der Waals surface area (Å²) in [5.74, 6) is -2.08. The number of aliphatic hydroxyl groups excluding tert-OH is 1. The van der Waals surface area contributed by atoms with E-state index in [-0.39, 0.29) is 12.0 Å². The fourth-order valence-electron chi connectivity index (χ4n) is 2.63. The van der Waals surface area contributed by atoms with E-state index >= 15 is 0 Å². The quantitative estimate of drug-likeness (QED) is 0.709. The van der Waals surface area contributed by atoms with Gasteiger partial charge in [0.1, 0.15) is 23.7 Å². The van der Waals surface area contributed by atoms with Crippen molar-refractivity contribution in [2.24, 2.45) is 0 Å². The number of nitrogens with zero attached hydrogens (tertiary/aromatic N) is 1. The predicted molar refractivity (Wildman–Crippen MR) is 91.8 cm³/mol. The van der Waals surface area contributed by atoms with Crippen molar-refractivity contribution in [3.05, 3.63) is 30.1 Å². The highest BCUT2D eigenvalue weighted by Crippen LogP contribution is 2.39. The summed E-state index contributed by atoms with van der Waals surface area (Å²) in [6.07, 6.45) is -0.151. The number of amides is 1. The van der Waals surface area contributed by atoms with Crippen molar-refractivity contribution in [3.63, 3.8) is 0 Å². The molecule has 1 heterocycles. The van der Waals surface area contributed by atoms with Crippen molar-refractivity contribution < 1.29 is 32.6 Å². The number of aromatic hydroxyl groups is 1. The van der Waals surface area contributed by atoms with Crippen LogP contribution in [-0.4, -0.2) is 43.8 Å². The number of ether oxygens (including phenoxy) is 1. The molecule has 10 heteroatoms. The first-order valence-electron chi connectivity index (χ1n) is 7.78. The van der Waals surface area contributed by atoms with Crippen LogP contribution < -0.4 is 13.8 Å². The maximum Gasteiger partial charge on any atom is 0.326 e. The van der Waals surface area contributed by atoms with Gasteiger partial charge in [-0.15, -0.1) is 0 Å². The van der Waals surface area contributed by atoms with E-state index in [9.17, 15) is 27.8 Å². The van der Waals surface area contributed by atoms with Gasteiger partial charge in [0.15, 0.2) is 5.82 Å². The van der Waals surface area contributed by atoms with E-state index in [1.54, 1.807) is 17.7 Å². The molecule has 1 amide bonds. The minimum atomic E-state index is -4.26. The topological polar surface area (TPSA) is 116 Å². The lowest BCUT2D eigenvalue weighted by molar-refractivity contribution is -0.117. The highest BCUT2D eigenvalue weighted by Gasteiger charge is 2.37. The molecule has 1 aliphatic rings. The third-order valence-electron chi connectivity index (χ3n) is 3.88. The third kappa shape index (κ3) is 3.37.